The second-order valence-electron chi connectivity index (χ2n) is 7.36. The summed E-state index contributed by atoms with van der Waals surface area (Å²) < 4.78 is 11.6. The molecule has 0 unspecified atom stereocenters. The van der Waals surface area contributed by atoms with Crippen molar-refractivity contribution < 1.29 is 23.9 Å². The topological polar surface area (TPSA) is 106 Å². The first kappa shape index (κ1) is 25.2. The molecule has 0 saturated heterocycles. The van der Waals surface area contributed by atoms with Gasteiger partial charge >= 0.3 is 0 Å². The van der Waals surface area contributed by atoms with E-state index in [1.54, 1.807) is 42.5 Å². The molecule has 0 fully saturated rings. The second-order valence-corrected chi connectivity index (χ2v) is 8.21. The minimum atomic E-state index is -0.478. The summed E-state index contributed by atoms with van der Waals surface area (Å²) in [5.74, 6) is 0.465. The van der Waals surface area contributed by atoms with Crippen LogP contribution in [0.2, 0.25) is 0 Å². The first-order valence-electron chi connectivity index (χ1n) is 10.3. The Kier molecular flexibility index (Phi) is 10.0. The molecule has 2 aromatic rings. The van der Waals surface area contributed by atoms with Crippen molar-refractivity contribution in [1.82, 2.24) is 10.9 Å². The van der Waals surface area contributed by atoms with E-state index in [1.165, 1.54) is 0 Å². The molecule has 0 aromatic heterocycles. The Morgan fingerprint density at radius 2 is 1.62 bits per heavy atom. The van der Waals surface area contributed by atoms with Crippen molar-refractivity contribution in [2.45, 2.75) is 33.6 Å². The van der Waals surface area contributed by atoms with Crippen LogP contribution in [0.4, 0.5) is 5.69 Å². The number of hydrazine groups is 1. The number of rotatable bonds is 10. The van der Waals surface area contributed by atoms with Crippen LogP contribution >= 0.6 is 15.9 Å². The van der Waals surface area contributed by atoms with Crippen LogP contribution in [0, 0.1) is 5.92 Å². The van der Waals surface area contributed by atoms with Gasteiger partial charge in [0.1, 0.15) is 11.5 Å². The predicted octanol–water partition coefficient (Wildman–Crippen LogP) is 4.06. The molecule has 2 rings (SSSR count). The lowest BCUT2D eigenvalue weighted by molar-refractivity contribution is -0.124. The van der Waals surface area contributed by atoms with Crippen molar-refractivity contribution in [2.75, 3.05) is 18.5 Å². The Balaban J connectivity index is 1.74. The zero-order valence-corrected chi connectivity index (χ0v) is 20.0. The van der Waals surface area contributed by atoms with E-state index in [-0.39, 0.29) is 18.7 Å². The Hall–Kier alpha value is -3.07. The lowest BCUT2D eigenvalue weighted by Gasteiger charge is -2.12. The van der Waals surface area contributed by atoms with Crippen molar-refractivity contribution in [3.8, 4) is 11.5 Å². The standard InChI is InChI=1S/C23H28BrN3O5/c1-4-31-18-8-6-17(7-9-18)25-21(28)11-12-22(29)26-27-23(30)16-5-10-20(19(24)13-16)32-14-15(2)3/h5-10,13,15H,4,11-12,14H2,1-3H3,(H,25,28)(H,26,29)(H,27,30). The fourth-order valence-corrected chi connectivity index (χ4v) is 3.02. The molecule has 0 aliphatic rings. The van der Waals surface area contributed by atoms with Crippen molar-refractivity contribution in [2.24, 2.45) is 5.92 Å². The number of nitrogens with one attached hydrogen (secondary N) is 3. The van der Waals surface area contributed by atoms with Gasteiger partial charge in [0.2, 0.25) is 11.8 Å². The smallest absolute Gasteiger partial charge is 0.269 e. The molecule has 3 N–H and O–H groups in total. The number of carbonyl (C=O) groups excluding carboxylic acids is 3. The summed E-state index contributed by atoms with van der Waals surface area (Å²) in [5, 5.41) is 2.71. The van der Waals surface area contributed by atoms with Crippen LogP contribution in [0.15, 0.2) is 46.9 Å². The molecule has 172 valence electrons. The van der Waals surface area contributed by atoms with Gasteiger partial charge in [-0.25, -0.2) is 0 Å². The number of benzene rings is 2. The van der Waals surface area contributed by atoms with Gasteiger partial charge in [-0.1, -0.05) is 13.8 Å². The molecule has 2 aromatic carbocycles. The quantitative estimate of drug-likeness (QED) is 0.422. The molecule has 0 saturated carbocycles. The van der Waals surface area contributed by atoms with E-state index in [0.29, 0.717) is 46.4 Å². The maximum Gasteiger partial charge on any atom is 0.269 e. The van der Waals surface area contributed by atoms with Gasteiger partial charge in [0.05, 0.1) is 17.7 Å². The molecule has 0 spiro atoms. The molecule has 0 atom stereocenters. The van der Waals surface area contributed by atoms with Crippen LogP contribution in [0.25, 0.3) is 0 Å². The highest BCUT2D eigenvalue weighted by atomic mass is 79.9. The van der Waals surface area contributed by atoms with Gasteiger partial charge in [0, 0.05) is 24.1 Å². The Bertz CT molecular complexity index is 932. The van der Waals surface area contributed by atoms with E-state index in [0.717, 1.165) is 0 Å². The molecule has 32 heavy (non-hydrogen) atoms. The third-order valence-corrected chi connectivity index (χ3v) is 4.73. The highest BCUT2D eigenvalue weighted by molar-refractivity contribution is 9.10. The highest BCUT2D eigenvalue weighted by Gasteiger charge is 2.12. The predicted molar refractivity (Wildman–Crippen MR) is 126 cm³/mol. The van der Waals surface area contributed by atoms with Crippen molar-refractivity contribution in [3.63, 3.8) is 0 Å². The monoisotopic (exact) mass is 505 g/mol. The van der Waals surface area contributed by atoms with Gasteiger partial charge in [-0.3, -0.25) is 25.2 Å². The largest absolute Gasteiger partial charge is 0.494 e. The maximum absolute atomic E-state index is 12.3. The zero-order valence-electron chi connectivity index (χ0n) is 18.4. The Morgan fingerprint density at radius 3 is 2.25 bits per heavy atom. The van der Waals surface area contributed by atoms with E-state index in [1.807, 2.05) is 20.8 Å². The average molecular weight is 506 g/mol. The molecule has 0 aliphatic heterocycles. The second kappa shape index (κ2) is 12.7. The fraction of sp³-hybridized carbons (Fsp3) is 0.348. The average Bonchev–Trinajstić information content (AvgIpc) is 2.76. The van der Waals surface area contributed by atoms with Gasteiger partial charge in [-0.05, 0) is 71.2 Å². The molecule has 0 heterocycles. The van der Waals surface area contributed by atoms with Gasteiger partial charge < -0.3 is 14.8 Å². The summed E-state index contributed by atoms with van der Waals surface area (Å²) in [6.07, 6.45) is -0.100. The lowest BCUT2D eigenvalue weighted by Crippen LogP contribution is -2.41. The Labute approximate surface area is 196 Å². The molecule has 0 bridgehead atoms. The van der Waals surface area contributed by atoms with Gasteiger partial charge in [0.25, 0.3) is 5.91 Å². The van der Waals surface area contributed by atoms with Gasteiger partial charge in [-0.15, -0.1) is 0 Å². The van der Waals surface area contributed by atoms with Gasteiger partial charge in [0.15, 0.2) is 0 Å². The summed E-state index contributed by atoms with van der Waals surface area (Å²) in [5.41, 5.74) is 5.61. The lowest BCUT2D eigenvalue weighted by atomic mass is 10.2. The third-order valence-electron chi connectivity index (χ3n) is 4.11. The molecule has 9 heteroatoms. The molecule has 0 aliphatic carbocycles. The van der Waals surface area contributed by atoms with E-state index >= 15 is 0 Å². The van der Waals surface area contributed by atoms with Crippen LogP contribution in [0.3, 0.4) is 0 Å². The minimum absolute atomic E-state index is 0.0254. The van der Waals surface area contributed by atoms with E-state index in [2.05, 4.69) is 32.1 Å². The number of hydrogen-bond donors (Lipinski definition) is 3. The summed E-state index contributed by atoms with van der Waals surface area (Å²) >= 11 is 3.38. The Morgan fingerprint density at radius 1 is 0.938 bits per heavy atom. The number of amides is 3. The van der Waals surface area contributed by atoms with Crippen LogP contribution < -0.4 is 25.6 Å². The third kappa shape index (κ3) is 8.58. The summed E-state index contributed by atoms with van der Waals surface area (Å²) in [7, 11) is 0. The summed E-state index contributed by atoms with van der Waals surface area (Å²) in [4.78, 5) is 36.3. The molecule has 0 radical (unpaired) electrons. The molecule has 3 amide bonds. The maximum atomic E-state index is 12.3. The van der Waals surface area contributed by atoms with Crippen LogP contribution in [0.1, 0.15) is 44.0 Å². The van der Waals surface area contributed by atoms with Crippen molar-refractivity contribution >= 4 is 39.3 Å². The number of ether oxygens (including phenoxy) is 2. The number of hydrogen-bond acceptors (Lipinski definition) is 5. The van der Waals surface area contributed by atoms with E-state index in [4.69, 9.17) is 9.47 Å². The molecular weight excluding hydrogens is 478 g/mol. The summed E-state index contributed by atoms with van der Waals surface area (Å²) in [6.45, 7) is 7.10. The number of anilines is 1. The number of halogens is 1. The van der Waals surface area contributed by atoms with Gasteiger partial charge in [-0.2, -0.15) is 0 Å². The van der Waals surface area contributed by atoms with Crippen LogP contribution in [0.5, 0.6) is 11.5 Å². The molecule has 8 nitrogen and oxygen atoms in total. The molecular formula is C23H28BrN3O5. The minimum Gasteiger partial charge on any atom is -0.494 e. The van der Waals surface area contributed by atoms with Crippen molar-refractivity contribution in [1.29, 1.82) is 0 Å². The summed E-state index contributed by atoms with van der Waals surface area (Å²) in [6, 6.07) is 11.9. The van der Waals surface area contributed by atoms with Crippen LogP contribution in [-0.2, 0) is 9.59 Å². The normalized spacial score (nSPS) is 10.4. The first-order valence-corrected chi connectivity index (χ1v) is 11.1. The zero-order chi connectivity index (χ0) is 23.5. The highest BCUT2D eigenvalue weighted by Crippen LogP contribution is 2.26. The van der Waals surface area contributed by atoms with E-state index < -0.39 is 11.8 Å². The number of carbonyl (C=O) groups is 3. The van der Waals surface area contributed by atoms with Crippen LogP contribution in [-0.4, -0.2) is 30.9 Å². The first-order chi connectivity index (χ1) is 15.3. The SMILES string of the molecule is CCOc1ccc(NC(=O)CCC(=O)NNC(=O)c2ccc(OCC(C)C)c(Br)c2)cc1. The van der Waals surface area contributed by atoms with E-state index in [9.17, 15) is 14.4 Å². The fourth-order valence-electron chi connectivity index (χ4n) is 2.53. The van der Waals surface area contributed by atoms with Crippen molar-refractivity contribution in [3.05, 3.63) is 52.5 Å².